The molecular formula is C21H28N2O5S. The highest BCUT2D eigenvalue weighted by atomic mass is 32.2. The van der Waals surface area contributed by atoms with E-state index in [0.29, 0.717) is 11.4 Å². The zero-order valence-corrected chi connectivity index (χ0v) is 18.2. The van der Waals surface area contributed by atoms with Crippen molar-refractivity contribution in [3.8, 4) is 11.5 Å². The normalized spacial score (nSPS) is 12.3. The van der Waals surface area contributed by atoms with Gasteiger partial charge in [-0.2, -0.15) is 0 Å². The second-order valence-electron chi connectivity index (χ2n) is 6.99. The molecule has 0 saturated carbocycles. The highest BCUT2D eigenvalue weighted by Crippen LogP contribution is 2.23. The average molecular weight is 421 g/mol. The molecule has 0 bridgehead atoms. The number of sulfonamides is 1. The highest BCUT2D eigenvalue weighted by Gasteiger charge is 2.22. The largest absolute Gasteiger partial charge is 0.497 e. The summed E-state index contributed by atoms with van der Waals surface area (Å²) >= 11 is 0. The van der Waals surface area contributed by atoms with Gasteiger partial charge in [-0.25, -0.2) is 8.42 Å². The molecule has 0 heterocycles. The van der Waals surface area contributed by atoms with Crippen LogP contribution in [0.15, 0.2) is 48.5 Å². The molecule has 0 aliphatic heterocycles. The minimum absolute atomic E-state index is 0.0112. The molecule has 158 valence electrons. The number of amides is 1. The van der Waals surface area contributed by atoms with Crippen LogP contribution < -0.4 is 19.1 Å². The van der Waals surface area contributed by atoms with Crippen LogP contribution in [0.4, 0.5) is 5.69 Å². The van der Waals surface area contributed by atoms with Crippen LogP contribution in [0.5, 0.6) is 11.5 Å². The Morgan fingerprint density at radius 2 is 1.55 bits per heavy atom. The number of benzene rings is 2. The number of ether oxygens (including phenoxy) is 2. The second-order valence-corrected chi connectivity index (χ2v) is 8.90. The lowest BCUT2D eigenvalue weighted by molar-refractivity contribution is -0.120. The number of rotatable bonds is 9. The Morgan fingerprint density at radius 3 is 2.03 bits per heavy atom. The molecule has 0 aromatic heterocycles. The summed E-state index contributed by atoms with van der Waals surface area (Å²) in [6.07, 6.45) is 1.09. The molecule has 7 nitrogen and oxygen atoms in total. The Kier molecular flexibility index (Phi) is 7.50. The SMILES string of the molecule is COc1ccc([C@H](C)NC(=O)CN(c2ccc(OC(C)C)cc2)S(C)(=O)=O)cc1. The Hall–Kier alpha value is -2.74. The zero-order chi connectivity index (χ0) is 21.6. The summed E-state index contributed by atoms with van der Waals surface area (Å²) in [5.74, 6) is 0.955. The van der Waals surface area contributed by atoms with Gasteiger partial charge in [0.05, 0.1) is 31.2 Å². The zero-order valence-electron chi connectivity index (χ0n) is 17.4. The number of anilines is 1. The first-order valence-corrected chi connectivity index (χ1v) is 11.1. The summed E-state index contributed by atoms with van der Waals surface area (Å²) < 4.78 is 36.3. The summed E-state index contributed by atoms with van der Waals surface area (Å²) in [5, 5.41) is 2.83. The van der Waals surface area contributed by atoms with Crippen molar-refractivity contribution in [3.05, 3.63) is 54.1 Å². The van der Waals surface area contributed by atoms with Gasteiger partial charge >= 0.3 is 0 Å². The number of hydrogen-bond donors (Lipinski definition) is 1. The monoisotopic (exact) mass is 420 g/mol. The number of methoxy groups -OCH3 is 1. The first-order valence-electron chi connectivity index (χ1n) is 9.28. The van der Waals surface area contributed by atoms with Crippen LogP contribution in [0, 0.1) is 0 Å². The third-order valence-corrected chi connectivity index (χ3v) is 5.32. The van der Waals surface area contributed by atoms with Gasteiger partial charge in [-0.1, -0.05) is 12.1 Å². The Labute approximate surface area is 172 Å². The Balaban J connectivity index is 2.10. The minimum atomic E-state index is -3.64. The highest BCUT2D eigenvalue weighted by molar-refractivity contribution is 7.92. The third kappa shape index (κ3) is 6.67. The smallest absolute Gasteiger partial charge is 0.241 e. The van der Waals surface area contributed by atoms with Gasteiger partial charge in [-0.15, -0.1) is 0 Å². The van der Waals surface area contributed by atoms with Crippen LogP contribution in [-0.2, 0) is 14.8 Å². The van der Waals surface area contributed by atoms with E-state index >= 15 is 0 Å². The van der Waals surface area contributed by atoms with Crippen molar-refractivity contribution in [1.82, 2.24) is 5.32 Å². The number of carbonyl (C=O) groups excluding carboxylic acids is 1. The van der Waals surface area contributed by atoms with Crippen molar-refractivity contribution >= 4 is 21.6 Å². The van der Waals surface area contributed by atoms with Crippen molar-refractivity contribution in [2.45, 2.75) is 32.9 Å². The van der Waals surface area contributed by atoms with Gasteiger partial charge in [-0.05, 0) is 62.7 Å². The lowest BCUT2D eigenvalue weighted by atomic mass is 10.1. The molecule has 2 aromatic rings. The molecule has 2 rings (SSSR count). The van der Waals surface area contributed by atoms with Crippen LogP contribution in [0.25, 0.3) is 0 Å². The molecule has 1 amide bonds. The van der Waals surface area contributed by atoms with E-state index in [4.69, 9.17) is 9.47 Å². The molecule has 1 N–H and O–H groups in total. The molecule has 0 saturated heterocycles. The van der Waals surface area contributed by atoms with Crippen LogP contribution in [0.1, 0.15) is 32.4 Å². The van der Waals surface area contributed by atoms with E-state index in [1.165, 1.54) is 0 Å². The number of carbonyl (C=O) groups is 1. The summed E-state index contributed by atoms with van der Waals surface area (Å²) in [7, 11) is -2.06. The fourth-order valence-electron chi connectivity index (χ4n) is 2.76. The van der Waals surface area contributed by atoms with E-state index in [1.807, 2.05) is 45.0 Å². The lowest BCUT2D eigenvalue weighted by Crippen LogP contribution is -2.41. The first-order chi connectivity index (χ1) is 13.6. The molecular weight excluding hydrogens is 392 g/mol. The average Bonchev–Trinajstić information content (AvgIpc) is 2.65. The molecule has 0 aliphatic carbocycles. The Morgan fingerprint density at radius 1 is 1.00 bits per heavy atom. The predicted octanol–water partition coefficient (Wildman–Crippen LogP) is 3.13. The quantitative estimate of drug-likeness (QED) is 0.674. The van der Waals surface area contributed by atoms with Gasteiger partial charge in [0.2, 0.25) is 15.9 Å². The maximum atomic E-state index is 12.5. The molecule has 8 heteroatoms. The maximum absolute atomic E-state index is 12.5. The molecule has 29 heavy (non-hydrogen) atoms. The van der Waals surface area contributed by atoms with Gasteiger partial charge in [0, 0.05) is 0 Å². The summed E-state index contributed by atoms with van der Waals surface area (Å²) in [6, 6.07) is 13.7. The molecule has 0 radical (unpaired) electrons. The van der Waals surface area contributed by atoms with E-state index in [9.17, 15) is 13.2 Å². The topological polar surface area (TPSA) is 84.9 Å². The van der Waals surface area contributed by atoms with E-state index in [1.54, 1.807) is 31.4 Å². The van der Waals surface area contributed by atoms with E-state index in [0.717, 1.165) is 21.9 Å². The fourth-order valence-corrected chi connectivity index (χ4v) is 3.61. The molecule has 2 aromatic carbocycles. The number of nitrogens with zero attached hydrogens (tertiary/aromatic N) is 1. The third-order valence-electron chi connectivity index (χ3n) is 4.18. The molecule has 0 spiro atoms. The minimum Gasteiger partial charge on any atom is -0.497 e. The molecule has 1 atom stereocenters. The molecule has 0 fully saturated rings. The second kappa shape index (κ2) is 9.65. The van der Waals surface area contributed by atoms with E-state index < -0.39 is 15.9 Å². The van der Waals surface area contributed by atoms with Crippen molar-refractivity contribution < 1.29 is 22.7 Å². The summed E-state index contributed by atoms with van der Waals surface area (Å²) in [6.45, 7) is 5.34. The van der Waals surface area contributed by atoms with Gasteiger partial charge in [-0.3, -0.25) is 9.10 Å². The van der Waals surface area contributed by atoms with Gasteiger partial charge in [0.1, 0.15) is 18.0 Å². The molecule has 0 aliphatic rings. The predicted molar refractivity (Wildman–Crippen MR) is 114 cm³/mol. The molecule has 0 unspecified atom stereocenters. The Bertz CT molecular complexity index is 909. The fraction of sp³-hybridized carbons (Fsp3) is 0.381. The lowest BCUT2D eigenvalue weighted by Gasteiger charge is -2.23. The van der Waals surface area contributed by atoms with Crippen molar-refractivity contribution in [3.63, 3.8) is 0 Å². The number of hydrogen-bond acceptors (Lipinski definition) is 5. The van der Waals surface area contributed by atoms with Gasteiger partial charge < -0.3 is 14.8 Å². The number of nitrogens with one attached hydrogen (secondary N) is 1. The van der Waals surface area contributed by atoms with E-state index in [2.05, 4.69) is 5.32 Å². The summed E-state index contributed by atoms with van der Waals surface area (Å²) in [5.41, 5.74) is 1.29. The van der Waals surface area contributed by atoms with Crippen LogP contribution in [0.2, 0.25) is 0 Å². The summed E-state index contributed by atoms with van der Waals surface area (Å²) in [4.78, 5) is 12.5. The van der Waals surface area contributed by atoms with Gasteiger partial charge in [0.25, 0.3) is 0 Å². The van der Waals surface area contributed by atoms with E-state index in [-0.39, 0.29) is 18.7 Å². The van der Waals surface area contributed by atoms with Gasteiger partial charge in [0.15, 0.2) is 0 Å². The van der Waals surface area contributed by atoms with Crippen molar-refractivity contribution in [1.29, 1.82) is 0 Å². The first kappa shape index (κ1) is 22.5. The maximum Gasteiger partial charge on any atom is 0.241 e. The van der Waals surface area contributed by atoms with Crippen LogP contribution in [0.3, 0.4) is 0 Å². The van der Waals surface area contributed by atoms with Crippen LogP contribution in [-0.4, -0.2) is 40.3 Å². The van der Waals surface area contributed by atoms with Crippen molar-refractivity contribution in [2.24, 2.45) is 0 Å². The standard InChI is InChI=1S/C21H28N2O5S/c1-15(2)28-20-12-8-18(9-13-20)23(29(5,25)26)14-21(24)22-16(3)17-6-10-19(27-4)11-7-17/h6-13,15-16H,14H2,1-5H3,(H,22,24)/t16-/m0/s1. The van der Waals surface area contributed by atoms with Crippen LogP contribution >= 0.6 is 0 Å². The van der Waals surface area contributed by atoms with Crippen molar-refractivity contribution in [2.75, 3.05) is 24.2 Å².